The van der Waals surface area contributed by atoms with E-state index in [1.165, 1.54) is 74.1 Å². The van der Waals surface area contributed by atoms with Crippen LogP contribution in [0.5, 0.6) is 5.75 Å². The number of amides is 4. The Morgan fingerprint density at radius 3 is 2.36 bits per heavy atom. The highest BCUT2D eigenvalue weighted by Crippen LogP contribution is 2.35. The van der Waals surface area contributed by atoms with Gasteiger partial charge in [0.25, 0.3) is 11.8 Å². The second-order valence-corrected chi connectivity index (χ2v) is 13.8. The normalized spacial score (nSPS) is 14.1. The molecular weight excluding hydrogens is 789 g/mol. The minimum atomic E-state index is -4.84. The van der Waals surface area contributed by atoms with Crippen LogP contribution in [0.1, 0.15) is 68.9 Å². The molecule has 0 radical (unpaired) electrons. The van der Waals surface area contributed by atoms with Gasteiger partial charge in [0.05, 0.1) is 47.1 Å². The SMILES string of the molecule is CN(C(=S)N(c1ccc(C(=O)NCCOCCOc2cccc(C=O)c2C(=O)N(C)C2CCC(=O)NC2=O)c(F)c1)C(C)(C)C=O)c1ccc(C#N)c(C(F)(F)F)c1. The molecule has 0 aliphatic carbocycles. The zero-order chi connectivity index (χ0) is 42.9. The van der Waals surface area contributed by atoms with Gasteiger partial charge in [0.1, 0.15) is 30.5 Å². The first kappa shape index (κ1) is 44.5. The Hall–Kier alpha value is -6.26. The van der Waals surface area contributed by atoms with Crippen molar-refractivity contribution in [1.82, 2.24) is 15.5 Å². The molecule has 0 spiro atoms. The first-order chi connectivity index (χ1) is 27.4. The lowest BCUT2D eigenvalue weighted by Crippen LogP contribution is -2.54. The summed E-state index contributed by atoms with van der Waals surface area (Å²) in [5.74, 6) is -3.50. The molecule has 0 saturated carbocycles. The number of carbonyl (C=O) groups excluding carboxylic acids is 6. The molecule has 3 aromatic rings. The van der Waals surface area contributed by atoms with Crippen LogP contribution in [0.25, 0.3) is 0 Å². The number of nitrogens with one attached hydrogen (secondary N) is 2. The predicted molar refractivity (Wildman–Crippen MR) is 205 cm³/mol. The molecule has 4 amide bonds. The number of hydrogen-bond donors (Lipinski definition) is 2. The van der Waals surface area contributed by atoms with Crippen LogP contribution < -0.4 is 25.2 Å². The Morgan fingerprint density at radius 2 is 1.74 bits per heavy atom. The Bertz CT molecular complexity index is 2160. The predicted octanol–water partition coefficient (Wildman–Crippen LogP) is 4.44. The number of likely N-dealkylation sites (N-methyl/N-ethyl adjacent to an activating group) is 1. The lowest BCUT2D eigenvalue weighted by molar-refractivity contribution is -0.138. The zero-order valence-electron chi connectivity index (χ0n) is 31.6. The summed E-state index contributed by atoms with van der Waals surface area (Å²) in [5, 5.41) is 13.7. The van der Waals surface area contributed by atoms with Gasteiger partial charge in [-0.05, 0) is 75.0 Å². The monoisotopic (exact) mass is 826 g/mol. The van der Waals surface area contributed by atoms with Crippen LogP contribution in [0.4, 0.5) is 28.9 Å². The number of ether oxygens (including phenoxy) is 2. The molecule has 1 atom stereocenters. The topological polar surface area (TPSA) is 178 Å². The van der Waals surface area contributed by atoms with Crippen LogP contribution in [0.2, 0.25) is 0 Å². The van der Waals surface area contributed by atoms with Crippen molar-refractivity contribution >= 4 is 64.9 Å². The van der Waals surface area contributed by atoms with E-state index in [1.807, 2.05) is 0 Å². The molecule has 1 unspecified atom stereocenters. The fourth-order valence-corrected chi connectivity index (χ4v) is 6.36. The average molecular weight is 827 g/mol. The van der Waals surface area contributed by atoms with Crippen molar-refractivity contribution in [1.29, 1.82) is 5.26 Å². The molecule has 1 aliphatic heterocycles. The van der Waals surface area contributed by atoms with Crippen molar-refractivity contribution in [3.63, 3.8) is 0 Å². The lowest BCUT2D eigenvalue weighted by atomic mass is 10.0. The number of halogens is 4. The molecule has 1 heterocycles. The number of thiocarbonyl (C=S) groups is 1. The smallest absolute Gasteiger partial charge is 0.417 e. The molecule has 1 fully saturated rings. The molecule has 58 heavy (non-hydrogen) atoms. The van der Waals surface area contributed by atoms with E-state index in [0.717, 1.165) is 29.2 Å². The summed E-state index contributed by atoms with van der Waals surface area (Å²) in [4.78, 5) is 77.6. The highest BCUT2D eigenvalue weighted by molar-refractivity contribution is 7.80. The standard InChI is InChI=1S/C39H38F4N6O8S/c1-38(2,22-51)49(37(58)47(3)25-9-8-23(20-44)28(18-25)39(41,42)43)26-10-11-27(29(40)19-26)34(53)45-14-15-56-16-17-57-31-7-5-6-24(21-50)33(31)36(55)48(4)30-12-13-32(52)46-35(30)54/h5-11,18-19,21-22,30H,12-17H2,1-4H3,(H,45,53)(H,46,52,54). The third-order valence-corrected chi connectivity index (χ3v) is 9.49. The summed E-state index contributed by atoms with van der Waals surface area (Å²) in [5.41, 5.74) is -3.70. The van der Waals surface area contributed by atoms with Crippen molar-refractivity contribution in [3.8, 4) is 11.8 Å². The minimum Gasteiger partial charge on any atom is -0.490 e. The van der Waals surface area contributed by atoms with Gasteiger partial charge >= 0.3 is 6.18 Å². The molecule has 19 heteroatoms. The van der Waals surface area contributed by atoms with Gasteiger partial charge in [-0.25, -0.2) is 4.39 Å². The van der Waals surface area contributed by atoms with E-state index >= 15 is 4.39 Å². The zero-order valence-corrected chi connectivity index (χ0v) is 32.5. The number of benzene rings is 3. The number of carbonyl (C=O) groups is 6. The number of nitrogens with zero attached hydrogens (tertiary/aromatic N) is 4. The van der Waals surface area contributed by atoms with Crippen LogP contribution in [0.15, 0.2) is 54.6 Å². The van der Waals surface area contributed by atoms with Gasteiger partial charge in [-0.3, -0.25) is 29.3 Å². The number of hydrogen-bond acceptors (Lipinski definition) is 10. The molecule has 306 valence electrons. The maximum Gasteiger partial charge on any atom is 0.417 e. The summed E-state index contributed by atoms with van der Waals surface area (Å²) in [6, 6.07) is 11.3. The molecular formula is C39H38F4N6O8S. The van der Waals surface area contributed by atoms with Crippen molar-refractivity contribution in [2.75, 3.05) is 50.3 Å². The molecule has 14 nitrogen and oxygen atoms in total. The third-order valence-electron chi connectivity index (χ3n) is 9.03. The van der Waals surface area contributed by atoms with Crippen molar-refractivity contribution in [2.45, 2.75) is 44.4 Å². The third kappa shape index (κ3) is 10.2. The lowest BCUT2D eigenvalue weighted by Gasteiger charge is -2.39. The molecule has 0 aromatic heterocycles. The summed E-state index contributed by atoms with van der Waals surface area (Å²) in [6.07, 6.45) is -3.70. The second kappa shape index (κ2) is 18.8. The largest absolute Gasteiger partial charge is 0.490 e. The van der Waals surface area contributed by atoms with Gasteiger partial charge in [0.2, 0.25) is 11.8 Å². The summed E-state index contributed by atoms with van der Waals surface area (Å²) in [7, 11) is 2.73. The Kier molecular flexibility index (Phi) is 14.4. The molecule has 3 aromatic carbocycles. The summed E-state index contributed by atoms with van der Waals surface area (Å²) >= 11 is 5.57. The number of alkyl halides is 3. The van der Waals surface area contributed by atoms with Crippen molar-refractivity contribution in [2.24, 2.45) is 0 Å². The number of nitriles is 1. The molecule has 4 rings (SSSR count). The van der Waals surface area contributed by atoms with E-state index in [0.29, 0.717) is 12.6 Å². The molecule has 2 N–H and O–H groups in total. The van der Waals surface area contributed by atoms with Crippen LogP contribution in [-0.4, -0.2) is 98.3 Å². The van der Waals surface area contributed by atoms with Crippen LogP contribution in [-0.2, 0) is 25.3 Å². The van der Waals surface area contributed by atoms with Crippen molar-refractivity contribution < 1.29 is 55.8 Å². The van der Waals surface area contributed by atoms with Crippen LogP contribution in [0, 0.1) is 17.1 Å². The maximum absolute atomic E-state index is 15.5. The summed E-state index contributed by atoms with van der Waals surface area (Å²) in [6.45, 7) is 2.68. The highest BCUT2D eigenvalue weighted by atomic mass is 32.1. The van der Waals surface area contributed by atoms with Crippen LogP contribution in [0.3, 0.4) is 0 Å². The number of anilines is 2. The van der Waals surface area contributed by atoms with E-state index in [2.05, 4.69) is 10.6 Å². The fraction of sp³-hybridized carbons (Fsp3) is 0.333. The molecule has 1 saturated heterocycles. The number of imide groups is 1. The average Bonchev–Trinajstić information content (AvgIpc) is 3.18. The quantitative estimate of drug-likeness (QED) is 0.0726. The number of aldehydes is 2. The van der Waals surface area contributed by atoms with Gasteiger partial charge in [-0.2, -0.15) is 18.4 Å². The van der Waals surface area contributed by atoms with E-state index in [4.69, 9.17) is 27.0 Å². The Morgan fingerprint density at radius 1 is 1.03 bits per heavy atom. The molecule has 0 bridgehead atoms. The van der Waals surface area contributed by atoms with Gasteiger partial charge in [0, 0.05) is 44.0 Å². The van der Waals surface area contributed by atoms with Gasteiger partial charge in [-0.1, -0.05) is 12.1 Å². The van der Waals surface area contributed by atoms with E-state index in [-0.39, 0.29) is 78.1 Å². The number of piperidine rings is 1. The van der Waals surface area contributed by atoms with Gasteiger partial charge < -0.3 is 34.3 Å². The van der Waals surface area contributed by atoms with E-state index < -0.39 is 58.3 Å². The van der Waals surface area contributed by atoms with Crippen LogP contribution >= 0.6 is 12.2 Å². The second-order valence-electron chi connectivity index (χ2n) is 13.4. The van der Waals surface area contributed by atoms with Crippen molar-refractivity contribution in [3.05, 3.63) is 88.2 Å². The fourth-order valence-electron chi connectivity index (χ4n) is 5.91. The number of rotatable bonds is 15. The first-order valence-corrected chi connectivity index (χ1v) is 17.9. The minimum absolute atomic E-state index is 0.0159. The summed E-state index contributed by atoms with van der Waals surface area (Å²) < 4.78 is 67.7. The Balaban J connectivity index is 1.36. The van der Waals surface area contributed by atoms with E-state index in [9.17, 15) is 41.9 Å². The molecule has 1 aliphatic rings. The maximum atomic E-state index is 15.5. The Labute approximate surface area is 335 Å². The van der Waals surface area contributed by atoms with Gasteiger partial charge in [-0.15, -0.1) is 0 Å². The highest BCUT2D eigenvalue weighted by Gasteiger charge is 2.37. The van der Waals surface area contributed by atoms with E-state index in [1.54, 1.807) is 0 Å². The first-order valence-electron chi connectivity index (χ1n) is 17.5. The van der Waals surface area contributed by atoms with Gasteiger partial charge in [0.15, 0.2) is 11.4 Å².